The van der Waals surface area contributed by atoms with Crippen molar-refractivity contribution in [2.24, 2.45) is 0 Å². The van der Waals surface area contributed by atoms with Crippen LogP contribution in [0.25, 0.3) is 6.08 Å². The predicted molar refractivity (Wildman–Crippen MR) is 91.1 cm³/mol. The van der Waals surface area contributed by atoms with Crippen LogP contribution in [0.5, 0.6) is 0 Å². The molecule has 25 heavy (non-hydrogen) atoms. The van der Waals surface area contributed by atoms with Gasteiger partial charge in [0.1, 0.15) is 17.5 Å². The van der Waals surface area contributed by atoms with E-state index in [2.05, 4.69) is 5.32 Å². The number of hydrogen-bond acceptors (Lipinski definition) is 4. The zero-order valence-electron chi connectivity index (χ0n) is 14.3. The van der Waals surface area contributed by atoms with Crippen LogP contribution in [0.1, 0.15) is 19.4 Å². The molecule has 2 heterocycles. The Morgan fingerprint density at radius 2 is 1.92 bits per heavy atom. The molecule has 0 bridgehead atoms. The molecule has 3 atom stereocenters. The first kappa shape index (κ1) is 20.0. The molecule has 3 rings (SSSR count). The smallest absolute Gasteiger partial charge is 0.480 e. The van der Waals surface area contributed by atoms with Gasteiger partial charge in [0.15, 0.2) is 0 Å². The molecule has 2 N–H and O–H groups in total. The van der Waals surface area contributed by atoms with Crippen LogP contribution in [0.15, 0.2) is 36.4 Å². The van der Waals surface area contributed by atoms with E-state index < -0.39 is 22.8 Å². The normalized spacial score (nSPS) is 26.6. The second-order valence-corrected chi connectivity index (χ2v) is 8.10. The second-order valence-electron chi connectivity index (χ2n) is 6.33. The van der Waals surface area contributed by atoms with Gasteiger partial charge in [0.05, 0.1) is 0 Å². The van der Waals surface area contributed by atoms with Crippen molar-refractivity contribution in [1.29, 1.82) is 0 Å². The maximum Gasteiger partial charge on any atom is 1.00 e. The summed E-state index contributed by atoms with van der Waals surface area (Å²) in [4.78, 5) is 37.1. The number of carbonyl (C=O) groups is 3. The zero-order chi connectivity index (χ0) is 17.5. The monoisotopic (exact) mass is 369 g/mol. The Kier molecular flexibility index (Phi) is 6.04. The summed E-state index contributed by atoms with van der Waals surface area (Å²) in [6, 6.07) is 7.82. The maximum absolute atomic E-state index is 12.3. The van der Waals surface area contributed by atoms with E-state index in [4.69, 9.17) is 0 Å². The molecule has 2 saturated heterocycles. The van der Waals surface area contributed by atoms with Crippen LogP contribution < -0.4 is 34.9 Å². The standard InChI is InChI=1S/C17H18N2O4S.Na/c1-17(2)13(16(22)23)19-14(21)12(15(19)24-17)18-11(20)9-8-10-6-4-3-5-7-10;/h3-9,12-13,15H,1-2H3,(H,18,20)(H,22,23);/q;+1/b9-8+;/t12-,13+,15-;/m1./s1. The van der Waals surface area contributed by atoms with Crippen molar-refractivity contribution in [2.75, 3.05) is 0 Å². The van der Waals surface area contributed by atoms with E-state index in [-0.39, 0.29) is 46.7 Å². The third kappa shape index (κ3) is 3.79. The molecule has 0 radical (unpaired) electrons. The number of benzene rings is 1. The van der Waals surface area contributed by atoms with Crippen LogP contribution in [0.4, 0.5) is 0 Å². The van der Waals surface area contributed by atoms with Crippen LogP contribution in [0, 0.1) is 0 Å². The number of β-lactam (4-membered cyclic amide) rings is 1. The van der Waals surface area contributed by atoms with Crippen molar-refractivity contribution < 1.29 is 49.0 Å². The largest absolute Gasteiger partial charge is 1.00 e. The summed E-state index contributed by atoms with van der Waals surface area (Å²) >= 11 is 1.41. The maximum atomic E-state index is 12.3. The number of rotatable bonds is 4. The van der Waals surface area contributed by atoms with Crippen molar-refractivity contribution in [3.63, 3.8) is 0 Å². The predicted octanol–water partition coefficient (Wildman–Crippen LogP) is -1.66. The molecule has 0 spiro atoms. The van der Waals surface area contributed by atoms with E-state index in [1.54, 1.807) is 19.9 Å². The van der Waals surface area contributed by atoms with Crippen LogP contribution >= 0.6 is 11.8 Å². The van der Waals surface area contributed by atoms with Gasteiger partial charge >= 0.3 is 35.5 Å². The van der Waals surface area contributed by atoms with Crippen molar-refractivity contribution in [1.82, 2.24) is 10.2 Å². The molecule has 2 aliphatic heterocycles. The van der Waals surface area contributed by atoms with Crippen molar-refractivity contribution in [3.05, 3.63) is 42.0 Å². The number of carboxylic acid groups (broad SMARTS) is 1. The van der Waals surface area contributed by atoms with Crippen molar-refractivity contribution in [2.45, 2.75) is 36.1 Å². The number of nitrogens with zero attached hydrogens (tertiary/aromatic N) is 1. The molecule has 2 amide bonds. The zero-order valence-corrected chi connectivity index (χ0v) is 17.1. The third-order valence-electron chi connectivity index (χ3n) is 4.20. The van der Waals surface area contributed by atoms with Crippen LogP contribution in [-0.4, -0.2) is 50.0 Å². The summed E-state index contributed by atoms with van der Waals surface area (Å²) in [5.41, 5.74) is 0.886. The minimum absolute atomic E-state index is 0. The second kappa shape index (κ2) is 7.53. The topological polar surface area (TPSA) is 86.7 Å². The molecule has 8 heteroatoms. The first-order valence-corrected chi connectivity index (χ1v) is 8.45. The van der Waals surface area contributed by atoms with Crippen LogP contribution in [0.2, 0.25) is 0 Å². The van der Waals surface area contributed by atoms with Crippen molar-refractivity contribution in [3.8, 4) is 0 Å². The number of amides is 2. The van der Waals surface area contributed by atoms with Gasteiger partial charge in [-0.2, -0.15) is 0 Å². The molecule has 0 aromatic heterocycles. The van der Waals surface area contributed by atoms with Gasteiger partial charge in [-0.05, 0) is 25.5 Å². The average molecular weight is 369 g/mol. The molecule has 1 aromatic rings. The van der Waals surface area contributed by atoms with Gasteiger partial charge in [-0.15, -0.1) is 11.8 Å². The Morgan fingerprint density at radius 1 is 1.28 bits per heavy atom. The SMILES string of the molecule is CC1(C)S[C@@H]2[C@H](NC(=O)/C=C/c3ccccc3)C(=O)N2[C@H]1C(=O)O.[Na+]. The third-order valence-corrected chi connectivity index (χ3v) is 5.77. The fourth-order valence-electron chi connectivity index (χ4n) is 3.08. The number of carboxylic acids is 1. The van der Waals surface area contributed by atoms with Gasteiger partial charge in [-0.1, -0.05) is 30.3 Å². The van der Waals surface area contributed by atoms with Gasteiger partial charge in [0, 0.05) is 10.8 Å². The van der Waals surface area contributed by atoms with Crippen molar-refractivity contribution >= 4 is 35.6 Å². The van der Waals surface area contributed by atoms with E-state index in [0.29, 0.717) is 0 Å². The molecule has 1 aromatic carbocycles. The fourth-order valence-corrected chi connectivity index (χ4v) is 4.71. The minimum Gasteiger partial charge on any atom is -0.480 e. The first-order chi connectivity index (χ1) is 11.3. The summed E-state index contributed by atoms with van der Waals surface area (Å²) in [5.74, 6) is -1.72. The summed E-state index contributed by atoms with van der Waals surface area (Å²) in [7, 11) is 0. The number of fused-ring (bicyclic) bond motifs is 1. The molecule has 2 fully saturated rings. The van der Waals surface area contributed by atoms with E-state index in [0.717, 1.165) is 5.56 Å². The average Bonchev–Trinajstić information content (AvgIpc) is 2.80. The Balaban J connectivity index is 0.00000225. The molecule has 0 unspecified atom stereocenters. The molecule has 0 saturated carbocycles. The van der Waals surface area contributed by atoms with Gasteiger partial charge in [-0.25, -0.2) is 4.79 Å². The van der Waals surface area contributed by atoms with E-state index in [1.807, 2.05) is 30.3 Å². The van der Waals surface area contributed by atoms with E-state index in [1.165, 1.54) is 22.7 Å². The number of hydrogen-bond donors (Lipinski definition) is 2. The van der Waals surface area contributed by atoms with E-state index in [9.17, 15) is 19.5 Å². The van der Waals surface area contributed by atoms with Gasteiger partial charge in [0.2, 0.25) is 11.8 Å². The molecule has 2 aliphatic rings. The molecular formula is C17H18N2NaO4S+. The quantitative estimate of drug-likeness (QED) is 0.377. The van der Waals surface area contributed by atoms with Crippen LogP contribution in [0.3, 0.4) is 0 Å². The molecule has 0 aliphatic carbocycles. The van der Waals surface area contributed by atoms with Gasteiger partial charge in [0.25, 0.3) is 0 Å². The minimum atomic E-state index is -1.02. The molecule has 126 valence electrons. The Labute approximate surface area is 172 Å². The Bertz CT molecular complexity index is 723. The summed E-state index contributed by atoms with van der Waals surface area (Å²) in [6.45, 7) is 3.60. The number of thioether (sulfide) groups is 1. The van der Waals surface area contributed by atoms with Gasteiger partial charge in [-0.3, -0.25) is 9.59 Å². The van der Waals surface area contributed by atoms with E-state index >= 15 is 0 Å². The number of nitrogens with one attached hydrogen (secondary N) is 1. The van der Waals surface area contributed by atoms with Gasteiger partial charge < -0.3 is 15.3 Å². The summed E-state index contributed by atoms with van der Waals surface area (Å²) in [5, 5.41) is 11.7. The summed E-state index contributed by atoms with van der Waals surface area (Å²) < 4.78 is -0.592. The molecule has 6 nitrogen and oxygen atoms in total. The Hall–Kier alpha value is -1.28. The number of carbonyl (C=O) groups excluding carboxylic acids is 2. The number of aliphatic carboxylic acids is 1. The summed E-state index contributed by atoms with van der Waals surface area (Å²) in [6.07, 6.45) is 3.05. The first-order valence-electron chi connectivity index (χ1n) is 7.58. The van der Waals surface area contributed by atoms with Crippen LogP contribution in [-0.2, 0) is 14.4 Å². The Morgan fingerprint density at radius 3 is 2.52 bits per heavy atom. The fraction of sp³-hybridized carbons (Fsp3) is 0.353. The molecular weight excluding hydrogens is 351 g/mol.